The third-order valence-corrected chi connectivity index (χ3v) is 5.20. The van der Waals surface area contributed by atoms with Crippen molar-refractivity contribution in [3.63, 3.8) is 0 Å². The fourth-order valence-corrected chi connectivity index (χ4v) is 3.56. The molecule has 0 aliphatic heterocycles. The van der Waals surface area contributed by atoms with Crippen LogP contribution in [0.25, 0.3) is 10.9 Å². The van der Waals surface area contributed by atoms with Gasteiger partial charge in [0, 0.05) is 17.1 Å². The summed E-state index contributed by atoms with van der Waals surface area (Å²) in [5, 5.41) is 14.7. The normalized spacial score (nSPS) is 12.0. The maximum Gasteiger partial charge on any atom is 0.303 e. The van der Waals surface area contributed by atoms with Crippen LogP contribution < -0.4 is 4.74 Å². The van der Waals surface area contributed by atoms with E-state index in [1.807, 2.05) is 66.2 Å². The highest BCUT2D eigenvalue weighted by Crippen LogP contribution is 2.24. The van der Waals surface area contributed by atoms with Crippen molar-refractivity contribution in [3.8, 4) is 5.75 Å². The predicted molar refractivity (Wildman–Crippen MR) is 117 cm³/mol. The summed E-state index contributed by atoms with van der Waals surface area (Å²) >= 11 is 0. The number of benzene rings is 3. The molecule has 0 aliphatic carbocycles. The minimum atomic E-state index is -0.788. The third-order valence-electron chi connectivity index (χ3n) is 5.20. The van der Waals surface area contributed by atoms with Crippen LogP contribution in [-0.2, 0) is 17.9 Å². The van der Waals surface area contributed by atoms with Crippen molar-refractivity contribution < 1.29 is 14.6 Å². The highest BCUT2D eigenvalue weighted by atomic mass is 16.5. The Morgan fingerprint density at radius 3 is 2.53 bits per heavy atom. The number of ether oxygens (including phenoxy) is 1. The van der Waals surface area contributed by atoms with Crippen molar-refractivity contribution >= 4 is 16.9 Å². The summed E-state index contributed by atoms with van der Waals surface area (Å²) in [5.74, 6) is -0.0561. The topological polar surface area (TPSA) is 64.3 Å². The highest BCUT2D eigenvalue weighted by Gasteiger charge is 2.11. The van der Waals surface area contributed by atoms with Crippen LogP contribution in [0, 0.1) is 0 Å². The lowest BCUT2D eigenvalue weighted by Crippen LogP contribution is -2.03. The molecule has 0 radical (unpaired) electrons. The lowest BCUT2D eigenvalue weighted by Gasteiger charge is -2.11. The number of hydrogen-bond acceptors (Lipinski definition) is 3. The van der Waals surface area contributed by atoms with Crippen LogP contribution in [-0.4, -0.2) is 20.9 Å². The van der Waals surface area contributed by atoms with Crippen LogP contribution in [0.1, 0.15) is 36.0 Å². The molecule has 1 aromatic heterocycles. The van der Waals surface area contributed by atoms with Crippen LogP contribution in [0.15, 0.2) is 79.0 Å². The Morgan fingerprint density at radius 2 is 1.80 bits per heavy atom. The van der Waals surface area contributed by atoms with Crippen LogP contribution in [0.2, 0.25) is 0 Å². The van der Waals surface area contributed by atoms with Gasteiger partial charge in [-0.25, -0.2) is 0 Å². The average molecular weight is 400 g/mol. The summed E-state index contributed by atoms with van der Waals surface area (Å²) in [5.41, 5.74) is 4.23. The summed E-state index contributed by atoms with van der Waals surface area (Å²) in [7, 11) is 0. The number of fused-ring (bicyclic) bond motifs is 1. The Balaban J connectivity index is 1.45. The number of aliphatic carboxylic acids is 1. The highest BCUT2D eigenvalue weighted by molar-refractivity contribution is 5.81. The van der Waals surface area contributed by atoms with Crippen molar-refractivity contribution in [2.75, 3.05) is 0 Å². The molecule has 0 fully saturated rings. The molecule has 1 unspecified atom stereocenters. The van der Waals surface area contributed by atoms with E-state index in [1.165, 1.54) is 5.56 Å². The number of hydrogen-bond donors (Lipinski definition) is 1. The first-order valence-corrected chi connectivity index (χ1v) is 10.0. The summed E-state index contributed by atoms with van der Waals surface area (Å²) in [6, 6.07) is 24.0. The zero-order valence-electron chi connectivity index (χ0n) is 16.9. The van der Waals surface area contributed by atoms with Crippen LogP contribution in [0.5, 0.6) is 5.75 Å². The van der Waals surface area contributed by atoms with E-state index in [4.69, 9.17) is 14.9 Å². The molecule has 0 spiro atoms. The molecular weight excluding hydrogens is 376 g/mol. The second kappa shape index (κ2) is 8.82. The largest absolute Gasteiger partial charge is 0.489 e. The van der Waals surface area contributed by atoms with Gasteiger partial charge in [0.2, 0.25) is 0 Å². The monoisotopic (exact) mass is 400 g/mol. The SMILES string of the molecule is CC(CC(=O)O)c1ccc(OCc2cccc3nn(Cc4ccccc4)cc23)cc1. The zero-order valence-corrected chi connectivity index (χ0v) is 16.9. The lowest BCUT2D eigenvalue weighted by atomic mass is 9.98. The number of carbonyl (C=O) groups is 1. The molecule has 1 N–H and O–H groups in total. The first kappa shape index (κ1) is 19.7. The number of nitrogens with zero attached hydrogens (tertiary/aromatic N) is 2. The smallest absolute Gasteiger partial charge is 0.303 e. The van der Waals surface area contributed by atoms with Crippen molar-refractivity contribution in [2.45, 2.75) is 32.4 Å². The Hall–Kier alpha value is -3.60. The van der Waals surface area contributed by atoms with Crippen LogP contribution in [0.4, 0.5) is 0 Å². The van der Waals surface area contributed by atoms with Gasteiger partial charge in [0.25, 0.3) is 0 Å². The van der Waals surface area contributed by atoms with E-state index in [2.05, 4.69) is 24.4 Å². The molecule has 1 atom stereocenters. The molecule has 3 aromatic carbocycles. The molecule has 152 valence electrons. The average Bonchev–Trinajstić information content (AvgIpc) is 3.16. The van der Waals surface area contributed by atoms with E-state index >= 15 is 0 Å². The maximum absolute atomic E-state index is 10.9. The van der Waals surface area contributed by atoms with Gasteiger partial charge in [0.05, 0.1) is 18.5 Å². The van der Waals surface area contributed by atoms with E-state index in [-0.39, 0.29) is 12.3 Å². The van der Waals surface area contributed by atoms with E-state index < -0.39 is 5.97 Å². The molecule has 0 bridgehead atoms. The molecule has 30 heavy (non-hydrogen) atoms. The van der Waals surface area contributed by atoms with Crippen molar-refractivity contribution in [1.29, 1.82) is 0 Å². The Labute approximate surface area is 175 Å². The van der Waals surface area contributed by atoms with Gasteiger partial charge in [-0.05, 0) is 35.2 Å². The summed E-state index contributed by atoms with van der Waals surface area (Å²) in [4.78, 5) is 10.9. The molecule has 0 aliphatic rings. The van der Waals surface area contributed by atoms with E-state index in [1.54, 1.807) is 0 Å². The second-order valence-corrected chi connectivity index (χ2v) is 7.52. The maximum atomic E-state index is 10.9. The van der Waals surface area contributed by atoms with Gasteiger partial charge in [-0.1, -0.05) is 61.5 Å². The van der Waals surface area contributed by atoms with Crippen molar-refractivity contribution in [2.24, 2.45) is 0 Å². The molecule has 0 saturated heterocycles. The Bertz CT molecular complexity index is 1130. The summed E-state index contributed by atoms with van der Waals surface area (Å²) in [6.45, 7) is 3.09. The third kappa shape index (κ3) is 4.69. The van der Waals surface area contributed by atoms with Crippen LogP contribution in [0.3, 0.4) is 0 Å². The number of carboxylic acids is 1. The van der Waals surface area contributed by atoms with Crippen molar-refractivity contribution in [3.05, 3.63) is 95.7 Å². The van der Waals surface area contributed by atoms with Crippen molar-refractivity contribution in [1.82, 2.24) is 9.78 Å². The van der Waals surface area contributed by atoms with Crippen LogP contribution >= 0.6 is 0 Å². The Kier molecular flexibility index (Phi) is 5.80. The first-order valence-electron chi connectivity index (χ1n) is 10.0. The molecule has 4 rings (SSSR count). The second-order valence-electron chi connectivity index (χ2n) is 7.52. The van der Waals surface area contributed by atoms with Gasteiger partial charge in [0.15, 0.2) is 0 Å². The van der Waals surface area contributed by atoms with Gasteiger partial charge in [-0.3, -0.25) is 9.48 Å². The minimum Gasteiger partial charge on any atom is -0.489 e. The molecule has 0 saturated carbocycles. The molecule has 0 amide bonds. The van der Waals surface area contributed by atoms with E-state index in [0.29, 0.717) is 6.61 Å². The summed E-state index contributed by atoms with van der Waals surface area (Å²) in [6.07, 6.45) is 2.19. The molecular formula is C25H24N2O3. The first-order chi connectivity index (χ1) is 14.6. The number of rotatable bonds is 8. The lowest BCUT2D eigenvalue weighted by molar-refractivity contribution is -0.137. The Morgan fingerprint density at radius 1 is 1.03 bits per heavy atom. The molecule has 5 heteroatoms. The van der Waals surface area contributed by atoms with Gasteiger partial charge in [0.1, 0.15) is 12.4 Å². The standard InChI is InChI=1S/C25H24N2O3/c1-18(14-25(28)29)20-10-12-22(13-11-20)30-17-21-8-5-9-24-23(21)16-27(26-24)15-19-6-3-2-4-7-19/h2-13,16,18H,14-15,17H2,1H3,(H,28,29). The number of carboxylic acid groups (broad SMARTS) is 1. The molecule has 5 nitrogen and oxygen atoms in total. The van der Waals surface area contributed by atoms with Gasteiger partial charge < -0.3 is 9.84 Å². The molecule has 4 aromatic rings. The van der Waals surface area contributed by atoms with Gasteiger partial charge in [-0.15, -0.1) is 0 Å². The molecule has 1 heterocycles. The van der Waals surface area contributed by atoms with Gasteiger partial charge in [-0.2, -0.15) is 5.10 Å². The number of aromatic nitrogens is 2. The minimum absolute atomic E-state index is 0.0271. The fraction of sp³-hybridized carbons (Fsp3) is 0.200. The van der Waals surface area contributed by atoms with E-state index in [0.717, 1.165) is 34.3 Å². The zero-order chi connectivity index (χ0) is 20.9. The van der Waals surface area contributed by atoms with Gasteiger partial charge >= 0.3 is 5.97 Å². The summed E-state index contributed by atoms with van der Waals surface area (Å²) < 4.78 is 7.95. The quantitative estimate of drug-likeness (QED) is 0.439. The van der Waals surface area contributed by atoms with E-state index in [9.17, 15) is 4.79 Å². The predicted octanol–water partition coefficient (Wildman–Crippen LogP) is 5.24. The fourth-order valence-electron chi connectivity index (χ4n) is 3.56.